The van der Waals surface area contributed by atoms with Crippen molar-refractivity contribution in [3.05, 3.63) is 23.9 Å². The molecule has 0 bridgehead atoms. The summed E-state index contributed by atoms with van der Waals surface area (Å²) >= 11 is 0. The van der Waals surface area contributed by atoms with Crippen LogP contribution < -0.4 is 5.73 Å². The normalized spacial score (nSPS) is 22.2. The van der Waals surface area contributed by atoms with Gasteiger partial charge in [-0.2, -0.15) is 0 Å². The van der Waals surface area contributed by atoms with E-state index in [-0.39, 0.29) is 0 Å². The van der Waals surface area contributed by atoms with Gasteiger partial charge >= 0.3 is 0 Å². The summed E-state index contributed by atoms with van der Waals surface area (Å²) < 4.78 is 0. The summed E-state index contributed by atoms with van der Waals surface area (Å²) in [6.07, 6.45) is 7.08. The van der Waals surface area contributed by atoms with E-state index in [2.05, 4.69) is 22.9 Å². The smallest absolute Gasteiger partial charge is 0.123 e. The zero-order valence-electron chi connectivity index (χ0n) is 10.0. The number of hydrogen-bond donors (Lipinski definition) is 1. The maximum absolute atomic E-state index is 5.62. The highest BCUT2D eigenvalue weighted by Crippen LogP contribution is 2.30. The van der Waals surface area contributed by atoms with Crippen LogP contribution in [0.25, 0.3) is 0 Å². The number of rotatable bonds is 3. The lowest BCUT2D eigenvalue weighted by molar-refractivity contribution is 0.149. The van der Waals surface area contributed by atoms with E-state index in [0.29, 0.717) is 11.9 Å². The Morgan fingerprint density at radius 3 is 3.00 bits per heavy atom. The number of piperidine rings is 1. The molecule has 1 unspecified atom stereocenters. The number of nitrogens with zero attached hydrogens (tertiary/aromatic N) is 2. The molecule has 1 atom stereocenters. The lowest BCUT2D eigenvalue weighted by Crippen LogP contribution is -2.34. The fraction of sp³-hybridized carbons (Fsp3) is 0.615. The molecular weight excluding hydrogens is 198 g/mol. The van der Waals surface area contributed by atoms with Crippen LogP contribution in [0.3, 0.4) is 0 Å². The Morgan fingerprint density at radius 2 is 2.31 bits per heavy atom. The van der Waals surface area contributed by atoms with Gasteiger partial charge in [0, 0.05) is 12.2 Å². The lowest BCUT2D eigenvalue weighted by atomic mass is 9.96. The summed E-state index contributed by atoms with van der Waals surface area (Å²) in [7, 11) is 0. The van der Waals surface area contributed by atoms with Gasteiger partial charge in [0.25, 0.3) is 0 Å². The van der Waals surface area contributed by atoms with Crippen LogP contribution in [0.2, 0.25) is 0 Å². The lowest BCUT2D eigenvalue weighted by Gasteiger charge is -2.35. The highest BCUT2D eigenvalue weighted by atomic mass is 15.2. The summed E-state index contributed by atoms with van der Waals surface area (Å²) in [6.45, 7) is 4.66. The number of aromatic nitrogens is 1. The Bertz CT molecular complexity index is 318. The molecule has 2 rings (SSSR count). The molecule has 3 heteroatoms. The van der Waals surface area contributed by atoms with Gasteiger partial charge in [-0.1, -0.05) is 19.4 Å². The molecule has 0 amide bonds. The fourth-order valence-corrected chi connectivity index (χ4v) is 2.54. The van der Waals surface area contributed by atoms with Crippen LogP contribution in [0.4, 0.5) is 5.82 Å². The van der Waals surface area contributed by atoms with E-state index in [0.717, 1.165) is 0 Å². The molecule has 1 fully saturated rings. The molecule has 1 aliphatic heterocycles. The maximum Gasteiger partial charge on any atom is 0.123 e. The van der Waals surface area contributed by atoms with Crippen LogP contribution in [0.15, 0.2) is 18.3 Å². The molecule has 0 aromatic carbocycles. The van der Waals surface area contributed by atoms with Gasteiger partial charge < -0.3 is 5.73 Å². The van der Waals surface area contributed by atoms with E-state index in [1.54, 1.807) is 0 Å². The Morgan fingerprint density at radius 1 is 1.44 bits per heavy atom. The van der Waals surface area contributed by atoms with Crippen molar-refractivity contribution in [1.29, 1.82) is 0 Å². The van der Waals surface area contributed by atoms with Gasteiger partial charge in [0.05, 0.1) is 0 Å². The average molecular weight is 219 g/mol. The third kappa shape index (κ3) is 2.53. The molecule has 1 aromatic heterocycles. The summed E-state index contributed by atoms with van der Waals surface area (Å²) in [5.74, 6) is 0.613. The minimum absolute atomic E-state index is 0.557. The second-order valence-electron chi connectivity index (χ2n) is 4.56. The number of nitrogen functional groups attached to an aromatic ring is 1. The molecule has 0 spiro atoms. The van der Waals surface area contributed by atoms with Gasteiger partial charge in [-0.05, 0) is 44.0 Å². The maximum atomic E-state index is 5.62. The highest BCUT2D eigenvalue weighted by Gasteiger charge is 2.23. The van der Waals surface area contributed by atoms with E-state index in [1.165, 1.54) is 44.3 Å². The number of likely N-dealkylation sites (tertiary alicyclic amines) is 1. The van der Waals surface area contributed by atoms with E-state index in [9.17, 15) is 0 Å². The van der Waals surface area contributed by atoms with Crippen molar-refractivity contribution in [1.82, 2.24) is 9.88 Å². The van der Waals surface area contributed by atoms with Crippen LogP contribution in [0.5, 0.6) is 0 Å². The van der Waals surface area contributed by atoms with Crippen LogP contribution in [-0.2, 0) is 0 Å². The summed E-state index contributed by atoms with van der Waals surface area (Å²) in [5.41, 5.74) is 6.95. The van der Waals surface area contributed by atoms with E-state index >= 15 is 0 Å². The average Bonchev–Trinajstić information content (AvgIpc) is 2.32. The predicted octanol–water partition coefficient (Wildman–Crippen LogP) is 2.60. The summed E-state index contributed by atoms with van der Waals surface area (Å²) in [5, 5.41) is 0. The Kier molecular flexibility index (Phi) is 3.78. The number of pyridine rings is 1. The number of hydrogen-bond acceptors (Lipinski definition) is 3. The summed E-state index contributed by atoms with van der Waals surface area (Å²) in [6, 6.07) is 4.59. The van der Waals surface area contributed by atoms with Crippen LogP contribution in [0, 0.1) is 0 Å². The van der Waals surface area contributed by atoms with Crippen molar-refractivity contribution >= 4 is 5.82 Å². The second kappa shape index (κ2) is 5.30. The second-order valence-corrected chi connectivity index (χ2v) is 4.56. The zero-order valence-corrected chi connectivity index (χ0v) is 10.0. The first kappa shape index (κ1) is 11.4. The Balaban J connectivity index is 2.13. The molecule has 1 saturated heterocycles. The SMILES string of the molecule is CCCN1CCCCC1c1ccc(N)nc1. The largest absolute Gasteiger partial charge is 0.384 e. The van der Waals surface area contributed by atoms with Gasteiger partial charge in [0.1, 0.15) is 5.82 Å². The Labute approximate surface area is 97.7 Å². The minimum atomic E-state index is 0.557. The first-order valence-corrected chi connectivity index (χ1v) is 6.26. The van der Waals surface area contributed by atoms with Crippen LogP contribution in [-0.4, -0.2) is 23.0 Å². The third-order valence-electron chi connectivity index (χ3n) is 3.32. The first-order chi connectivity index (χ1) is 7.81. The van der Waals surface area contributed by atoms with E-state index in [4.69, 9.17) is 5.73 Å². The van der Waals surface area contributed by atoms with Gasteiger partial charge in [-0.3, -0.25) is 4.90 Å². The molecule has 0 radical (unpaired) electrons. The first-order valence-electron chi connectivity index (χ1n) is 6.26. The van der Waals surface area contributed by atoms with Crippen molar-refractivity contribution < 1.29 is 0 Å². The molecule has 16 heavy (non-hydrogen) atoms. The number of anilines is 1. The fourth-order valence-electron chi connectivity index (χ4n) is 2.54. The monoisotopic (exact) mass is 219 g/mol. The van der Waals surface area contributed by atoms with Crippen molar-refractivity contribution in [2.75, 3.05) is 18.8 Å². The molecule has 0 saturated carbocycles. The molecule has 2 N–H and O–H groups in total. The molecule has 1 aromatic rings. The third-order valence-corrected chi connectivity index (χ3v) is 3.32. The van der Waals surface area contributed by atoms with Crippen LogP contribution in [0.1, 0.15) is 44.2 Å². The zero-order chi connectivity index (χ0) is 11.4. The predicted molar refractivity (Wildman–Crippen MR) is 67.1 cm³/mol. The van der Waals surface area contributed by atoms with Crippen molar-refractivity contribution in [2.24, 2.45) is 0 Å². The minimum Gasteiger partial charge on any atom is -0.384 e. The van der Waals surface area contributed by atoms with Crippen LogP contribution >= 0.6 is 0 Å². The van der Waals surface area contributed by atoms with Crippen molar-refractivity contribution in [3.63, 3.8) is 0 Å². The van der Waals surface area contributed by atoms with Crippen molar-refractivity contribution in [3.8, 4) is 0 Å². The van der Waals surface area contributed by atoms with E-state index < -0.39 is 0 Å². The van der Waals surface area contributed by atoms with Gasteiger partial charge in [0.15, 0.2) is 0 Å². The quantitative estimate of drug-likeness (QED) is 0.849. The molecule has 88 valence electrons. The molecular formula is C13H21N3. The van der Waals surface area contributed by atoms with Gasteiger partial charge in [0.2, 0.25) is 0 Å². The highest BCUT2D eigenvalue weighted by molar-refractivity contribution is 5.30. The molecule has 3 nitrogen and oxygen atoms in total. The summed E-state index contributed by atoms with van der Waals surface area (Å²) in [4.78, 5) is 6.78. The van der Waals surface area contributed by atoms with Gasteiger partial charge in [-0.15, -0.1) is 0 Å². The molecule has 1 aliphatic rings. The number of nitrogens with two attached hydrogens (primary N) is 1. The molecule has 2 heterocycles. The van der Waals surface area contributed by atoms with E-state index in [1.807, 2.05) is 12.3 Å². The Hall–Kier alpha value is -1.09. The molecule has 0 aliphatic carbocycles. The van der Waals surface area contributed by atoms with Gasteiger partial charge in [-0.25, -0.2) is 4.98 Å². The topological polar surface area (TPSA) is 42.1 Å². The standard InChI is InChI=1S/C13H21N3/c1-2-8-16-9-4-3-5-12(16)11-6-7-13(14)15-10-11/h6-7,10,12H,2-5,8-9H2,1H3,(H2,14,15). The van der Waals surface area contributed by atoms with Crippen molar-refractivity contribution in [2.45, 2.75) is 38.6 Å².